The fraction of sp³-hybridized carbons (Fsp3) is 0.818. The Morgan fingerprint density at radius 2 is 1.88 bits per heavy atom. The molecule has 3 N–H and O–H groups in total. The summed E-state index contributed by atoms with van der Waals surface area (Å²) in [5.41, 5.74) is 6.05. The number of hydrogen-bond donors (Lipinski definition) is 2. The highest BCUT2D eigenvalue weighted by molar-refractivity contribution is 6.55. The largest absolute Gasteiger partial charge is 0.491 e. The second kappa shape index (κ2) is 4.25. The molecule has 0 aromatic rings. The average molecular weight is 259 g/mol. The minimum Gasteiger partial charge on any atom is -0.400 e. The van der Waals surface area contributed by atoms with Crippen LogP contribution in [0.2, 0.25) is 0 Å². The van der Waals surface area contributed by atoms with Crippen molar-refractivity contribution in [2.24, 2.45) is 5.73 Å². The van der Waals surface area contributed by atoms with Gasteiger partial charge in [0.2, 0.25) is 0 Å². The Morgan fingerprint density at radius 3 is 2.35 bits per heavy atom. The summed E-state index contributed by atoms with van der Waals surface area (Å²) in [6.07, 6.45) is 1.94. The van der Waals surface area contributed by atoms with Crippen LogP contribution in [0, 0.1) is 0 Å². The molecule has 17 heavy (non-hydrogen) atoms. The van der Waals surface area contributed by atoms with E-state index < -0.39 is 0 Å². The van der Waals surface area contributed by atoms with Gasteiger partial charge >= 0.3 is 7.12 Å². The van der Waals surface area contributed by atoms with E-state index in [0.29, 0.717) is 6.54 Å². The molecule has 0 amide bonds. The van der Waals surface area contributed by atoms with Gasteiger partial charge in [0.25, 0.3) is 0 Å². The number of rotatable bonds is 1. The summed E-state index contributed by atoms with van der Waals surface area (Å²) in [5.74, 6) is 0. The van der Waals surface area contributed by atoms with Crippen molar-refractivity contribution in [1.82, 2.24) is 5.32 Å². The average Bonchev–Trinajstić information content (AvgIpc) is 2.41. The van der Waals surface area contributed by atoms with Crippen molar-refractivity contribution in [2.45, 2.75) is 50.4 Å². The van der Waals surface area contributed by atoms with E-state index in [1.54, 1.807) is 0 Å². The van der Waals surface area contributed by atoms with Crippen LogP contribution in [-0.4, -0.2) is 36.4 Å². The molecule has 6 heteroatoms. The summed E-state index contributed by atoms with van der Waals surface area (Å²) in [7, 11) is -0.331. The van der Waals surface area contributed by atoms with Crippen molar-refractivity contribution >= 4 is 18.7 Å². The molecule has 0 bridgehead atoms. The number of hydrogen-bond acceptors (Lipinski definition) is 4. The van der Waals surface area contributed by atoms with Gasteiger partial charge < -0.3 is 15.0 Å². The normalized spacial score (nSPS) is 35.9. The van der Waals surface area contributed by atoms with Crippen LogP contribution < -0.4 is 11.1 Å². The van der Waals surface area contributed by atoms with Crippen LogP contribution in [0.1, 0.15) is 27.7 Å². The zero-order valence-corrected chi connectivity index (χ0v) is 11.5. The molecule has 0 radical (unpaired) electrons. The van der Waals surface area contributed by atoms with E-state index in [4.69, 9.17) is 26.6 Å². The monoisotopic (exact) mass is 258 g/mol. The lowest BCUT2D eigenvalue weighted by Crippen LogP contribution is -2.47. The Labute approximate surface area is 108 Å². The first-order chi connectivity index (χ1) is 7.73. The molecule has 2 rings (SSSR count). The zero-order chi connectivity index (χ0) is 12.8. The lowest BCUT2D eigenvalue weighted by Gasteiger charge is -2.32. The predicted octanol–water partition coefficient (Wildman–Crippen LogP) is 1.04. The summed E-state index contributed by atoms with van der Waals surface area (Å²) in [4.78, 5) is 0. The van der Waals surface area contributed by atoms with Gasteiger partial charge in [0.1, 0.15) is 5.50 Å². The highest BCUT2D eigenvalue weighted by atomic mass is 35.5. The maximum absolute atomic E-state index is 5.99. The highest BCUT2D eigenvalue weighted by Crippen LogP contribution is 2.38. The first-order valence-electron chi connectivity index (χ1n) is 5.92. The Morgan fingerprint density at radius 1 is 1.35 bits per heavy atom. The zero-order valence-electron chi connectivity index (χ0n) is 10.8. The van der Waals surface area contributed by atoms with E-state index in [-0.39, 0.29) is 29.9 Å². The van der Waals surface area contributed by atoms with Crippen LogP contribution in [0.5, 0.6) is 0 Å². The molecule has 1 fully saturated rings. The fourth-order valence-corrected chi connectivity index (χ4v) is 2.05. The first-order valence-corrected chi connectivity index (χ1v) is 6.36. The van der Waals surface area contributed by atoms with Crippen LogP contribution in [0.25, 0.3) is 0 Å². The van der Waals surface area contributed by atoms with Crippen molar-refractivity contribution < 1.29 is 9.31 Å². The van der Waals surface area contributed by atoms with Gasteiger partial charge in [-0.2, -0.15) is 0 Å². The first kappa shape index (κ1) is 13.4. The summed E-state index contributed by atoms with van der Waals surface area (Å²) in [5, 5.41) is 3.13. The smallest absolute Gasteiger partial charge is 0.400 e. The SMILES string of the molecule is CC1(C)OB(C2=CC(N)C(Cl)NC2)OC1(C)C. The van der Waals surface area contributed by atoms with Crippen molar-refractivity contribution in [3.05, 3.63) is 11.5 Å². The molecule has 2 aliphatic heterocycles. The molecule has 0 aromatic carbocycles. The molecular formula is C11H20BClN2O2. The third kappa shape index (κ3) is 2.40. The molecule has 96 valence electrons. The van der Waals surface area contributed by atoms with Gasteiger partial charge in [-0.05, 0) is 33.2 Å². The summed E-state index contributed by atoms with van der Waals surface area (Å²) in [6, 6.07) is -0.209. The van der Waals surface area contributed by atoms with Gasteiger partial charge in [-0.3, -0.25) is 5.32 Å². The van der Waals surface area contributed by atoms with Crippen molar-refractivity contribution in [3.63, 3.8) is 0 Å². The Kier molecular flexibility index (Phi) is 3.34. The van der Waals surface area contributed by atoms with E-state index in [1.807, 2.05) is 33.8 Å². The predicted molar refractivity (Wildman–Crippen MR) is 69.8 cm³/mol. The summed E-state index contributed by atoms with van der Waals surface area (Å²) < 4.78 is 11.9. The highest BCUT2D eigenvalue weighted by Gasteiger charge is 2.52. The maximum atomic E-state index is 5.99. The fourth-order valence-electron chi connectivity index (χ4n) is 1.90. The van der Waals surface area contributed by atoms with Crippen LogP contribution in [0.15, 0.2) is 11.5 Å². The van der Waals surface area contributed by atoms with Gasteiger partial charge in [-0.15, -0.1) is 11.6 Å². The standard InChI is InChI=1S/C11H20BClN2O2/c1-10(2)11(3,4)17-12(16-10)7-5-8(14)9(13)15-6-7/h5,8-9,15H,6,14H2,1-4H3. The van der Waals surface area contributed by atoms with E-state index in [0.717, 1.165) is 5.47 Å². The molecule has 2 heterocycles. The molecule has 2 atom stereocenters. The molecule has 0 aromatic heterocycles. The quantitative estimate of drug-likeness (QED) is 0.419. The topological polar surface area (TPSA) is 56.5 Å². The van der Waals surface area contributed by atoms with E-state index >= 15 is 0 Å². The van der Waals surface area contributed by atoms with E-state index in [1.165, 1.54) is 0 Å². The molecule has 1 saturated heterocycles. The third-order valence-electron chi connectivity index (χ3n) is 3.80. The lowest BCUT2D eigenvalue weighted by molar-refractivity contribution is 0.00578. The van der Waals surface area contributed by atoms with Crippen molar-refractivity contribution in [1.29, 1.82) is 0 Å². The second-order valence-electron chi connectivity index (χ2n) is 5.69. The molecular weight excluding hydrogens is 238 g/mol. The van der Waals surface area contributed by atoms with Gasteiger partial charge in [0.05, 0.1) is 17.2 Å². The van der Waals surface area contributed by atoms with Gasteiger partial charge in [-0.25, -0.2) is 0 Å². The maximum Gasteiger partial charge on any atom is 0.491 e. The van der Waals surface area contributed by atoms with Gasteiger partial charge in [0.15, 0.2) is 0 Å². The minimum absolute atomic E-state index is 0.209. The molecule has 2 aliphatic rings. The Balaban J connectivity index is 2.14. The third-order valence-corrected chi connectivity index (χ3v) is 4.25. The van der Waals surface area contributed by atoms with E-state index in [9.17, 15) is 0 Å². The molecule has 0 aliphatic carbocycles. The number of nitrogens with two attached hydrogens (primary N) is 1. The van der Waals surface area contributed by atoms with Gasteiger partial charge in [-0.1, -0.05) is 6.08 Å². The summed E-state index contributed by atoms with van der Waals surface area (Å²) >= 11 is 5.99. The number of nitrogens with one attached hydrogen (secondary N) is 1. The molecule has 0 saturated carbocycles. The lowest BCUT2D eigenvalue weighted by atomic mass is 9.76. The Bertz CT molecular complexity index is 330. The Hall–Kier alpha value is -0.0651. The van der Waals surface area contributed by atoms with Crippen LogP contribution in [0.4, 0.5) is 0 Å². The van der Waals surface area contributed by atoms with Crippen LogP contribution in [-0.2, 0) is 9.31 Å². The van der Waals surface area contributed by atoms with Gasteiger partial charge in [0, 0.05) is 6.54 Å². The number of halogens is 1. The molecule has 0 spiro atoms. The minimum atomic E-state index is -0.331. The van der Waals surface area contributed by atoms with Crippen LogP contribution in [0.3, 0.4) is 0 Å². The summed E-state index contributed by atoms with van der Waals surface area (Å²) in [6.45, 7) is 8.79. The van der Waals surface area contributed by atoms with E-state index in [2.05, 4.69) is 5.32 Å². The molecule has 2 unspecified atom stereocenters. The van der Waals surface area contributed by atoms with Crippen molar-refractivity contribution in [3.8, 4) is 0 Å². The molecule has 4 nitrogen and oxygen atoms in total. The number of alkyl halides is 1. The van der Waals surface area contributed by atoms with Crippen molar-refractivity contribution in [2.75, 3.05) is 6.54 Å². The second-order valence-corrected chi connectivity index (χ2v) is 6.16. The van der Waals surface area contributed by atoms with Crippen LogP contribution >= 0.6 is 11.6 Å².